The summed E-state index contributed by atoms with van der Waals surface area (Å²) in [7, 11) is 3.88. The summed E-state index contributed by atoms with van der Waals surface area (Å²) in [6.45, 7) is 9.41. The molecule has 168 valence electrons. The number of ketones is 1. The summed E-state index contributed by atoms with van der Waals surface area (Å²) in [5.74, 6) is -0.255. The van der Waals surface area contributed by atoms with Gasteiger partial charge in [0.2, 0.25) is 0 Å². The van der Waals surface area contributed by atoms with E-state index in [1.54, 1.807) is 32.9 Å². The number of Topliss-reactive ketones (excluding diaryl/α,β-unsaturated/α-hetero) is 1. The summed E-state index contributed by atoms with van der Waals surface area (Å²) >= 11 is 0. The van der Waals surface area contributed by atoms with E-state index >= 15 is 0 Å². The smallest absolute Gasteiger partial charge is 0.168 e. The Hall–Kier alpha value is -3.86. The average Bonchev–Trinajstić information content (AvgIpc) is 2.75. The van der Waals surface area contributed by atoms with Crippen molar-refractivity contribution in [3.8, 4) is 11.5 Å². The van der Waals surface area contributed by atoms with E-state index in [9.17, 15) is 14.7 Å². The van der Waals surface area contributed by atoms with Crippen LogP contribution in [0.15, 0.2) is 54.6 Å². The lowest BCUT2D eigenvalue weighted by Gasteiger charge is -2.25. The lowest BCUT2D eigenvalue weighted by atomic mass is 9.83. The molecule has 4 rings (SSSR count). The van der Waals surface area contributed by atoms with Gasteiger partial charge in [-0.2, -0.15) is 0 Å². The normalized spacial score (nSPS) is 12.5. The molecular weight excluding hydrogens is 414 g/mol. The minimum absolute atomic E-state index is 0.0331. The first-order valence-electron chi connectivity index (χ1n) is 10.7. The van der Waals surface area contributed by atoms with Crippen molar-refractivity contribution in [1.82, 2.24) is 0 Å². The Bertz CT molecular complexity index is 1410. The molecule has 1 aliphatic heterocycles. The van der Waals surface area contributed by atoms with Crippen molar-refractivity contribution in [2.45, 2.75) is 20.8 Å². The monoisotopic (exact) mass is 440 g/mol. The van der Waals surface area contributed by atoms with E-state index in [0.29, 0.717) is 28.2 Å². The zero-order valence-corrected chi connectivity index (χ0v) is 19.5. The van der Waals surface area contributed by atoms with Crippen LogP contribution in [0.4, 0.5) is 5.69 Å². The number of carbonyl (C=O) groups is 2. The maximum atomic E-state index is 12.8. The van der Waals surface area contributed by atoms with Crippen LogP contribution >= 0.6 is 0 Å². The number of anilines is 1. The second-order valence-corrected chi connectivity index (χ2v) is 9.51. The van der Waals surface area contributed by atoms with Crippen molar-refractivity contribution in [1.29, 1.82) is 0 Å². The van der Waals surface area contributed by atoms with E-state index in [1.807, 2.05) is 55.4 Å². The van der Waals surface area contributed by atoms with Crippen LogP contribution in [0.1, 0.15) is 52.6 Å². The number of fused-ring (bicyclic) bond motifs is 2. The minimum atomic E-state index is -1.34. The molecule has 0 saturated carbocycles. The van der Waals surface area contributed by atoms with E-state index in [4.69, 9.17) is 4.74 Å². The van der Waals surface area contributed by atoms with Crippen LogP contribution in [-0.2, 0) is 0 Å². The zero-order chi connectivity index (χ0) is 24.1. The molecule has 0 bridgehead atoms. The molecule has 0 aromatic heterocycles. The third-order valence-electron chi connectivity index (χ3n) is 5.74. The number of carboxylic acids is 1. The molecule has 3 aromatic rings. The van der Waals surface area contributed by atoms with Gasteiger partial charge in [-0.3, -0.25) is 4.79 Å². The summed E-state index contributed by atoms with van der Waals surface area (Å²) in [6.07, 6.45) is 0. The number of carboxylic acid groups (broad SMARTS) is 1. The summed E-state index contributed by atoms with van der Waals surface area (Å²) < 4.78 is 6.20. The number of aromatic carboxylic acids is 1. The summed E-state index contributed by atoms with van der Waals surface area (Å²) in [5, 5.41) is 13.8. The topological polar surface area (TPSA) is 69.7 Å². The maximum absolute atomic E-state index is 12.8. The molecule has 0 atom stereocenters. The molecule has 0 unspecified atom stereocenters. The van der Waals surface area contributed by atoms with Crippen molar-refractivity contribution in [3.63, 3.8) is 0 Å². The lowest BCUT2D eigenvalue weighted by molar-refractivity contribution is -0.255. The molecule has 0 spiro atoms. The fourth-order valence-corrected chi connectivity index (χ4v) is 4.00. The molecule has 33 heavy (non-hydrogen) atoms. The van der Waals surface area contributed by atoms with Crippen LogP contribution in [0.3, 0.4) is 0 Å². The molecule has 0 fully saturated rings. The van der Waals surface area contributed by atoms with Gasteiger partial charge < -0.3 is 19.5 Å². The summed E-state index contributed by atoms with van der Waals surface area (Å²) in [5.41, 5.74) is 2.58. The van der Waals surface area contributed by atoms with Gasteiger partial charge >= 0.3 is 0 Å². The molecule has 5 nitrogen and oxygen atoms in total. The SMILES string of the molecule is C=c1ccc2c(c1)Oc1cc(N(C)C)ccc1C=2c1ccc(C(=O)C(C)(C)C)cc1C(=O)[O-]. The van der Waals surface area contributed by atoms with Crippen molar-refractivity contribution in [2.24, 2.45) is 5.41 Å². The Morgan fingerprint density at radius 2 is 1.61 bits per heavy atom. The first-order valence-corrected chi connectivity index (χ1v) is 10.7. The van der Waals surface area contributed by atoms with Gasteiger partial charge in [0, 0.05) is 58.7 Å². The Labute approximate surface area is 193 Å². The number of hydrogen-bond donors (Lipinski definition) is 0. The minimum Gasteiger partial charge on any atom is -0.545 e. The highest BCUT2D eigenvalue weighted by Gasteiger charge is 2.26. The van der Waals surface area contributed by atoms with E-state index in [2.05, 4.69) is 6.58 Å². The third kappa shape index (κ3) is 4.02. The molecule has 1 heterocycles. The van der Waals surface area contributed by atoms with Crippen LogP contribution in [0.25, 0.3) is 12.2 Å². The molecule has 0 radical (unpaired) electrons. The van der Waals surface area contributed by atoms with Crippen molar-refractivity contribution in [2.75, 3.05) is 19.0 Å². The molecule has 0 saturated heterocycles. The number of benzene rings is 3. The predicted molar refractivity (Wildman–Crippen MR) is 128 cm³/mol. The number of ether oxygens (including phenoxy) is 1. The number of rotatable bonds is 4. The number of hydrogen-bond acceptors (Lipinski definition) is 5. The molecule has 1 aliphatic rings. The number of nitrogens with zero attached hydrogens (tertiary/aromatic N) is 1. The summed E-state index contributed by atoms with van der Waals surface area (Å²) in [4.78, 5) is 27.0. The second-order valence-electron chi connectivity index (χ2n) is 9.51. The van der Waals surface area contributed by atoms with Gasteiger partial charge in [0.1, 0.15) is 11.5 Å². The van der Waals surface area contributed by atoms with E-state index in [0.717, 1.165) is 21.7 Å². The third-order valence-corrected chi connectivity index (χ3v) is 5.74. The first kappa shape index (κ1) is 22.3. The van der Waals surface area contributed by atoms with E-state index in [1.165, 1.54) is 6.07 Å². The predicted octanol–water partition coefficient (Wildman–Crippen LogP) is 3.11. The van der Waals surface area contributed by atoms with Gasteiger partial charge in [0.05, 0.1) is 5.97 Å². The molecule has 3 aromatic carbocycles. The largest absolute Gasteiger partial charge is 0.545 e. The van der Waals surface area contributed by atoms with Crippen LogP contribution in [0.2, 0.25) is 0 Å². The van der Waals surface area contributed by atoms with Crippen molar-refractivity contribution in [3.05, 3.63) is 87.3 Å². The van der Waals surface area contributed by atoms with Gasteiger partial charge in [-0.05, 0) is 35.0 Å². The second kappa shape index (κ2) is 7.93. The van der Waals surface area contributed by atoms with Gasteiger partial charge in [-0.25, -0.2) is 0 Å². The quantitative estimate of drug-likeness (QED) is 0.456. The molecular formula is C28H26NO4-. The number of carbonyl (C=O) groups excluding carboxylic acids is 2. The Morgan fingerprint density at radius 3 is 2.24 bits per heavy atom. The Balaban J connectivity index is 2.04. The highest BCUT2D eigenvalue weighted by molar-refractivity contribution is 6.04. The zero-order valence-electron chi connectivity index (χ0n) is 19.5. The average molecular weight is 441 g/mol. The standard InChI is InChI=1S/C28H27NO4/c1-16-7-10-20-23(13-16)33-24-15-18(29(5)6)9-12-21(24)25(20)19-11-8-17(14-22(19)27(31)32)26(30)28(2,3)4/h7-15H,1H2,2-6H3,(H,31,32)/p-1. The molecule has 5 heteroatoms. The Kier molecular flexibility index (Phi) is 5.36. The van der Waals surface area contributed by atoms with Crippen molar-refractivity contribution < 1.29 is 19.4 Å². The Morgan fingerprint density at radius 1 is 0.909 bits per heavy atom. The van der Waals surface area contributed by atoms with Gasteiger partial charge in [0.25, 0.3) is 0 Å². The summed E-state index contributed by atoms with van der Waals surface area (Å²) in [6, 6.07) is 16.2. The van der Waals surface area contributed by atoms with Gasteiger partial charge in [-0.15, -0.1) is 0 Å². The van der Waals surface area contributed by atoms with Gasteiger partial charge in [0.15, 0.2) is 5.78 Å². The highest BCUT2D eigenvalue weighted by atomic mass is 16.5. The highest BCUT2D eigenvalue weighted by Crippen LogP contribution is 2.39. The van der Waals surface area contributed by atoms with E-state index < -0.39 is 11.4 Å². The fraction of sp³-hybridized carbons (Fsp3) is 0.214. The van der Waals surface area contributed by atoms with Crippen LogP contribution in [0, 0.1) is 5.41 Å². The van der Waals surface area contributed by atoms with Crippen molar-refractivity contribution >= 4 is 29.6 Å². The lowest BCUT2D eigenvalue weighted by Crippen LogP contribution is -2.27. The first-order chi connectivity index (χ1) is 15.5. The molecule has 0 aliphatic carbocycles. The fourth-order valence-electron chi connectivity index (χ4n) is 4.00. The van der Waals surface area contributed by atoms with Crippen LogP contribution in [0.5, 0.6) is 11.5 Å². The molecule has 0 amide bonds. The van der Waals surface area contributed by atoms with E-state index in [-0.39, 0.29) is 11.3 Å². The van der Waals surface area contributed by atoms with Crippen LogP contribution < -0.4 is 25.2 Å². The maximum Gasteiger partial charge on any atom is 0.168 e. The molecule has 0 N–H and O–H groups in total. The van der Waals surface area contributed by atoms with Gasteiger partial charge in [-0.1, -0.05) is 51.6 Å². The van der Waals surface area contributed by atoms with Crippen LogP contribution in [-0.4, -0.2) is 25.8 Å².